The van der Waals surface area contributed by atoms with E-state index in [1.165, 1.54) is 12.4 Å². The van der Waals surface area contributed by atoms with E-state index in [4.69, 9.17) is 14.6 Å². The van der Waals surface area contributed by atoms with Crippen molar-refractivity contribution in [1.82, 2.24) is 5.43 Å². The summed E-state index contributed by atoms with van der Waals surface area (Å²) in [5, 5.41) is 11.3. The van der Waals surface area contributed by atoms with Crippen LogP contribution in [0.4, 0.5) is 0 Å². The Kier molecular flexibility index (Phi) is 5.13. The largest absolute Gasteiger partial charge is 0.462 e. The lowest BCUT2D eigenvalue weighted by atomic mass is 10.5. The topological polar surface area (TPSA) is 101 Å². The second-order valence-corrected chi connectivity index (χ2v) is 5.27. The molecule has 0 saturated heterocycles. The third kappa shape index (κ3) is 4.67. The summed E-state index contributed by atoms with van der Waals surface area (Å²) in [5.41, 5.74) is 8.04. The lowest BCUT2D eigenvalue weighted by Gasteiger charge is -1.93. The first-order chi connectivity index (χ1) is 9.63. The molecule has 3 N–H and O–H groups in total. The summed E-state index contributed by atoms with van der Waals surface area (Å²) < 4.78 is 11.9. The fraction of sp³-hybridized carbons (Fsp3) is 0. The van der Waals surface area contributed by atoms with Crippen LogP contribution in [0.2, 0.25) is 0 Å². The summed E-state index contributed by atoms with van der Waals surface area (Å²) in [4.78, 5) is 0. The molecule has 0 atom stereocenters. The molecule has 0 amide bonds. The van der Waals surface area contributed by atoms with Crippen molar-refractivity contribution in [3.8, 4) is 0 Å². The van der Waals surface area contributed by atoms with Gasteiger partial charge in [0.05, 0.1) is 21.4 Å². The maximum absolute atomic E-state index is 5.54. The standard InChI is InChI=1S/C11H9Br2N5O2/c12-7-1-9(19-5-7)3-15-17-11(14)18-16-4-10-2-8(13)6-20-10/h1-6H,(H3,14,17,18). The van der Waals surface area contributed by atoms with Gasteiger partial charge in [-0.05, 0) is 44.0 Å². The van der Waals surface area contributed by atoms with Gasteiger partial charge in [0.25, 0.3) is 0 Å². The normalized spacial score (nSPS) is 12.6. The van der Waals surface area contributed by atoms with Crippen LogP contribution >= 0.6 is 31.9 Å². The number of nitrogens with two attached hydrogens (primary N) is 1. The van der Waals surface area contributed by atoms with Crippen molar-refractivity contribution in [3.63, 3.8) is 0 Å². The summed E-state index contributed by atoms with van der Waals surface area (Å²) in [6, 6.07) is 3.50. The van der Waals surface area contributed by atoms with Gasteiger partial charge in [-0.25, -0.2) is 5.43 Å². The number of halogens is 2. The molecule has 0 bridgehead atoms. The van der Waals surface area contributed by atoms with Crippen LogP contribution in [-0.2, 0) is 0 Å². The lowest BCUT2D eigenvalue weighted by Crippen LogP contribution is -2.26. The Morgan fingerprint density at radius 1 is 1.10 bits per heavy atom. The molecule has 0 radical (unpaired) electrons. The highest BCUT2D eigenvalue weighted by atomic mass is 79.9. The van der Waals surface area contributed by atoms with Gasteiger partial charge < -0.3 is 14.6 Å². The van der Waals surface area contributed by atoms with Crippen LogP contribution in [0.1, 0.15) is 11.5 Å². The molecular weight excluding hydrogens is 394 g/mol. The quantitative estimate of drug-likeness (QED) is 0.466. The molecule has 0 aromatic carbocycles. The van der Waals surface area contributed by atoms with E-state index in [9.17, 15) is 0 Å². The van der Waals surface area contributed by atoms with Gasteiger partial charge in [0.1, 0.15) is 24.0 Å². The van der Waals surface area contributed by atoms with E-state index in [1.807, 2.05) is 0 Å². The predicted octanol–water partition coefficient (Wildman–Crippen LogP) is 2.67. The Balaban J connectivity index is 1.85. The van der Waals surface area contributed by atoms with Crippen molar-refractivity contribution in [3.05, 3.63) is 45.1 Å². The van der Waals surface area contributed by atoms with Crippen molar-refractivity contribution < 1.29 is 8.83 Å². The molecule has 0 saturated carbocycles. The Hall–Kier alpha value is -1.87. The van der Waals surface area contributed by atoms with Crippen LogP contribution < -0.4 is 11.2 Å². The van der Waals surface area contributed by atoms with E-state index in [2.05, 4.69) is 52.6 Å². The third-order valence-corrected chi connectivity index (χ3v) is 2.73. The van der Waals surface area contributed by atoms with Crippen LogP contribution in [0.3, 0.4) is 0 Å². The lowest BCUT2D eigenvalue weighted by molar-refractivity contribution is 0.558. The van der Waals surface area contributed by atoms with E-state index in [-0.39, 0.29) is 5.96 Å². The fourth-order valence-corrected chi connectivity index (χ4v) is 1.76. The molecule has 2 heterocycles. The molecule has 0 fully saturated rings. The van der Waals surface area contributed by atoms with Crippen molar-refractivity contribution in [1.29, 1.82) is 0 Å². The number of nitrogens with zero attached hydrogens (tertiary/aromatic N) is 3. The average Bonchev–Trinajstić information content (AvgIpc) is 2.99. The SMILES string of the molecule is NC(=NN=Cc1cc(Br)co1)NN=Cc1cc(Br)co1. The van der Waals surface area contributed by atoms with Crippen molar-refractivity contribution in [2.24, 2.45) is 21.0 Å². The van der Waals surface area contributed by atoms with E-state index < -0.39 is 0 Å². The smallest absolute Gasteiger partial charge is 0.234 e. The molecule has 2 rings (SSSR count). The van der Waals surface area contributed by atoms with Crippen LogP contribution in [0.5, 0.6) is 0 Å². The number of guanidine groups is 1. The summed E-state index contributed by atoms with van der Waals surface area (Å²) in [5.74, 6) is 1.16. The molecule has 0 unspecified atom stereocenters. The van der Waals surface area contributed by atoms with Gasteiger partial charge in [-0.3, -0.25) is 0 Å². The maximum atomic E-state index is 5.54. The summed E-state index contributed by atoms with van der Waals surface area (Å²) in [6.07, 6.45) is 5.97. The molecular formula is C11H9Br2N5O2. The van der Waals surface area contributed by atoms with Gasteiger partial charge in [0.15, 0.2) is 0 Å². The zero-order valence-electron chi connectivity index (χ0n) is 9.96. The summed E-state index contributed by atoms with van der Waals surface area (Å²) in [6.45, 7) is 0. The highest BCUT2D eigenvalue weighted by Crippen LogP contribution is 2.12. The highest BCUT2D eigenvalue weighted by molar-refractivity contribution is 9.10. The first-order valence-electron chi connectivity index (χ1n) is 5.27. The van der Waals surface area contributed by atoms with Gasteiger partial charge in [0, 0.05) is 0 Å². The van der Waals surface area contributed by atoms with Crippen LogP contribution in [0, 0.1) is 0 Å². The van der Waals surface area contributed by atoms with E-state index in [0.717, 1.165) is 8.95 Å². The molecule has 0 aliphatic carbocycles. The minimum atomic E-state index is 0.0359. The van der Waals surface area contributed by atoms with E-state index >= 15 is 0 Å². The van der Waals surface area contributed by atoms with Crippen LogP contribution in [-0.4, -0.2) is 18.4 Å². The van der Waals surface area contributed by atoms with Gasteiger partial charge in [-0.2, -0.15) is 10.2 Å². The molecule has 20 heavy (non-hydrogen) atoms. The number of furan rings is 2. The molecule has 9 heteroatoms. The Bertz CT molecular complexity index is 659. The first-order valence-corrected chi connectivity index (χ1v) is 6.86. The summed E-state index contributed by atoms with van der Waals surface area (Å²) in [7, 11) is 0. The van der Waals surface area contributed by atoms with Crippen molar-refractivity contribution in [2.45, 2.75) is 0 Å². The molecule has 7 nitrogen and oxygen atoms in total. The van der Waals surface area contributed by atoms with Crippen molar-refractivity contribution in [2.75, 3.05) is 0 Å². The first kappa shape index (κ1) is 14.5. The van der Waals surface area contributed by atoms with Gasteiger partial charge in [-0.1, -0.05) is 0 Å². The molecule has 0 spiro atoms. The Labute approximate surface area is 130 Å². The zero-order valence-corrected chi connectivity index (χ0v) is 13.1. The molecule has 2 aromatic rings. The monoisotopic (exact) mass is 401 g/mol. The molecule has 0 aliphatic rings. The Morgan fingerprint density at radius 3 is 2.25 bits per heavy atom. The minimum Gasteiger partial charge on any atom is -0.462 e. The highest BCUT2D eigenvalue weighted by Gasteiger charge is 1.95. The third-order valence-electron chi connectivity index (χ3n) is 1.90. The van der Waals surface area contributed by atoms with Crippen LogP contribution in [0.15, 0.2) is 57.7 Å². The maximum Gasteiger partial charge on any atom is 0.234 e. The van der Waals surface area contributed by atoms with Gasteiger partial charge >= 0.3 is 0 Å². The predicted molar refractivity (Wildman–Crippen MR) is 82.8 cm³/mol. The second-order valence-electron chi connectivity index (χ2n) is 3.43. The number of rotatable bonds is 4. The minimum absolute atomic E-state index is 0.0359. The van der Waals surface area contributed by atoms with Gasteiger partial charge in [0.2, 0.25) is 5.96 Å². The van der Waals surface area contributed by atoms with E-state index in [0.29, 0.717) is 11.5 Å². The Morgan fingerprint density at radius 2 is 1.70 bits per heavy atom. The zero-order chi connectivity index (χ0) is 14.4. The van der Waals surface area contributed by atoms with Crippen LogP contribution in [0.25, 0.3) is 0 Å². The molecule has 104 valence electrons. The number of hydrogen-bond donors (Lipinski definition) is 2. The number of nitrogens with one attached hydrogen (secondary N) is 1. The number of hydrazone groups is 1. The molecule has 0 aliphatic heterocycles. The van der Waals surface area contributed by atoms with Crippen molar-refractivity contribution >= 4 is 50.2 Å². The average molecular weight is 403 g/mol. The van der Waals surface area contributed by atoms with Gasteiger partial charge in [-0.15, -0.1) is 5.10 Å². The summed E-state index contributed by atoms with van der Waals surface area (Å²) >= 11 is 6.51. The van der Waals surface area contributed by atoms with E-state index in [1.54, 1.807) is 24.7 Å². The number of hydrogen-bond acceptors (Lipinski definition) is 5. The fourth-order valence-electron chi connectivity index (χ4n) is 1.12. The molecule has 2 aromatic heterocycles. The second kappa shape index (κ2) is 7.06.